The molecular formula is C16H15NO4. The molecule has 0 radical (unpaired) electrons. The Hall–Kier alpha value is -2.69. The summed E-state index contributed by atoms with van der Waals surface area (Å²) in [5, 5.41) is 0. The number of hydrogen-bond acceptors (Lipinski definition) is 4. The summed E-state index contributed by atoms with van der Waals surface area (Å²) in [6, 6.07) is 11.4. The van der Waals surface area contributed by atoms with Gasteiger partial charge < -0.3 is 9.30 Å². The monoisotopic (exact) mass is 285 g/mol. The highest BCUT2D eigenvalue weighted by molar-refractivity contribution is 6.38. The van der Waals surface area contributed by atoms with Crippen LogP contribution in [0.4, 0.5) is 0 Å². The van der Waals surface area contributed by atoms with Crippen molar-refractivity contribution in [1.29, 1.82) is 0 Å². The highest BCUT2D eigenvalue weighted by atomic mass is 16.5. The van der Waals surface area contributed by atoms with Crippen LogP contribution in [0.1, 0.15) is 22.3 Å². The Labute approximate surface area is 122 Å². The van der Waals surface area contributed by atoms with E-state index in [9.17, 15) is 14.4 Å². The van der Waals surface area contributed by atoms with Gasteiger partial charge in [0.1, 0.15) is 0 Å². The zero-order valence-electron chi connectivity index (χ0n) is 11.6. The van der Waals surface area contributed by atoms with E-state index in [0.29, 0.717) is 12.1 Å². The lowest BCUT2D eigenvalue weighted by atomic mass is 10.1. The molecule has 0 amide bonds. The molecule has 0 spiro atoms. The molecule has 0 aliphatic heterocycles. The van der Waals surface area contributed by atoms with Gasteiger partial charge in [-0.15, -0.1) is 0 Å². The number of hydrogen-bond donors (Lipinski definition) is 0. The molecular weight excluding hydrogens is 270 g/mol. The predicted molar refractivity (Wildman–Crippen MR) is 75.9 cm³/mol. The minimum Gasteiger partial charge on any atom is -0.463 e. The largest absolute Gasteiger partial charge is 0.463 e. The van der Waals surface area contributed by atoms with Crippen molar-refractivity contribution in [2.75, 3.05) is 7.11 Å². The van der Waals surface area contributed by atoms with E-state index >= 15 is 0 Å². The quantitative estimate of drug-likeness (QED) is 0.351. The van der Waals surface area contributed by atoms with E-state index in [2.05, 4.69) is 4.74 Å². The van der Waals surface area contributed by atoms with Gasteiger partial charge in [-0.2, -0.15) is 0 Å². The van der Waals surface area contributed by atoms with Gasteiger partial charge in [-0.1, -0.05) is 30.3 Å². The first-order valence-corrected chi connectivity index (χ1v) is 6.44. The molecule has 0 aliphatic rings. The van der Waals surface area contributed by atoms with Crippen LogP contribution in [-0.4, -0.2) is 29.2 Å². The number of methoxy groups -OCH3 is 1. The number of aromatic nitrogens is 1. The second kappa shape index (κ2) is 6.65. The van der Waals surface area contributed by atoms with Crippen molar-refractivity contribution in [3.05, 3.63) is 59.9 Å². The minimum atomic E-state index is -0.993. The Morgan fingerprint density at radius 1 is 1.10 bits per heavy atom. The molecule has 0 N–H and O–H groups in total. The molecule has 0 unspecified atom stereocenters. The number of ether oxygens (including phenoxy) is 1. The summed E-state index contributed by atoms with van der Waals surface area (Å²) in [7, 11) is 1.11. The highest BCUT2D eigenvalue weighted by Gasteiger charge is 2.19. The third kappa shape index (κ3) is 3.89. The molecule has 0 aliphatic carbocycles. The predicted octanol–water partition coefficient (Wildman–Crippen LogP) is 1.85. The van der Waals surface area contributed by atoms with Crippen molar-refractivity contribution in [2.24, 2.45) is 0 Å². The summed E-state index contributed by atoms with van der Waals surface area (Å²) >= 11 is 0. The van der Waals surface area contributed by atoms with Crippen LogP contribution in [0, 0.1) is 0 Å². The number of carbonyl (C=O) groups is 3. The first-order valence-electron chi connectivity index (χ1n) is 6.44. The lowest BCUT2D eigenvalue weighted by molar-refractivity contribution is -0.151. The smallest absolute Gasteiger partial charge is 0.374 e. The molecule has 0 fully saturated rings. The fourth-order valence-corrected chi connectivity index (χ4v) is 1.93. The lowest BCUT2D eigenvalue weighted by Gasteiger charge is -2.02. The molecule has 5 nitrogen and oxygen atoms in total. The Balaban J connectivity index is 2.01. The van der Waals surface area contributed by atoms with Crippen LogP contribution in [0.5, 0.6) is 0 Å². The average molecular weight is 285 g/mol. The Bertz CT molecular complexity index is 658. The maximum absolute atomic E-state index is 11.9. The highest BCUT2D eigenvalue weighted by Crippen LogP contribution is 2.09. The van der Waals surface area contributed by atoms with Crippen molar-refractivity contribution in [3.63, 3.8) is 0 Å². The van der Waals surface area contributed by atoms with E-state index in [1.807, 2.05) is 34.9 Å². The summed E-state index contributed by atoms with van der Waals surface area (Å²) in [5.74, 6) is -2.22. The second-order valence-corrected chi connectivity index (χ2v) is 4.57. The zero-order chi connectivity index (χ0) is 15.2. The first kappa shape index (κ1) is 14.7. The third-order valence-corrected chi connectivity index (χ3v) is 3.01. The fraction of sp³-hybridized carbons (Fsp3) is 0.188. The average Bonchev–Trinajstić information content (AvgIpc) is 2.96. The van der Waals surface area contributed by atoms with Crippen LogP contribution >= 0.6 is 0 Å². The number of ketones is 2. The number of Topliss-reactive ketones (excluding diaryl/α,β-unsaturated/α-hetero) is 2. The molecule has 0 bridgehead atoms. The van der Waals surface area contributed by atoms with E-state index in [4.69, 9.17) is 0 Å². The van der Waals surface area contributed by atoms with Gasteiger partial charge in [-0.25, -0.2) is 4.79 Å². The van der Waals surface area contributed by atoms with Gasteiger partial charge in [0.2, 0.25) is 5.78 Å². The Kier molecular flexibility index (Phi) is 4.66. The standard InChI is InChI=1S/C16H15NO4/c1-21-16(20)15(19)9-14(18)13-7-8-17(11-13)10-12-5-3-2-4-6-12/h2-8,11H,9-10H2,1H3. The van der Waals surface area contributed by atoms with Crippen LogP contribution in [0.3, 0.4) is 0 Å². The van der Waals surface area contributed by atoms with Crippen molar-refractivity contribution >= 4 is 17.5 Å². The van der Waals surface area contributed by atoms with E-state index in [0.717, 1.165) is 12.7 Å². The van der Waals surface area contributed by atoms with Crippen molar-refractivity contribution in [3.8, 4) is 0 Å². The fourth-order valence-electron chi connectivity index (χ4n) is 1.93. The van der Waals surface area contributed by atoms with Gasteiger partial charge in [0.15, 0.2) is 5.78 Å². The van der Waals surface area contributed by atoms with E-state index in [1.54, 1.807) is 18.5 Å². The Morgan fingerprint density at radius 2 is 1.81 bits per heavy atom. The maximum atomic E-state index is 11.9. The molecule has 21 heavy (non-hydrogen) atoms. The molecule has 2 rings (SSSR count). The van der Waals surface area contributed by atoms with Gasteiger partial charge in [-0.3, -0.25) is 9.59 Å². The van der Waals surface area contributed by atoms with Gasteiger partial charge in [0.25, 0.3) is 0 Å². The number of benzene rings is 1. The maximum Gasteiger partial charge on any atom is 0.374 e. The topological polar surface area (TPSA) is 65.4 Å². The van der Waals surface area contributed by atoms with Crippen LogP contribution in [0.2, 0.25) is 0 Å². The Morgan fingerprint density at radius 3 is 2.48 bits per heavy atom. The SMILES string of the molecule is COC(=O)C(=O)CC(=O)c1ccn(Cc2ccccc2)c1. The summed E-state index contributed by atoms with van der Waals surface area (Å²) < 4.78 is 6.14. The second-order valence-electron chi connectivity index (χ2n) is 4.57. The molecule has 5 heteroatoms. The molecule has 1 aromatic heterocycles. The molecule has 2 aromatic rings. The molecule has 0 atom stereocenters. The number of esters is 1. The minimum absolute atomic E-state index is 0.391. The van der Waals surface area contributed by atoms with Gasteiger partial charge in [0, 0.05) is 24.5 Å². The normalized spacial score (nSPS) is 10.1. The van der Waals surface area contributed by atoms with Crippen LogP contribution in [0.15, 0.2) is 48.8 Å². The van der Waals surface area contributed by atoms with E-state index in [1.165, 1.54) is 0 Å². The van der Waals surface area contributed by atoms with Crippen LogP contribution < -0.4 is 0 Å². The summed E-state index contributed by atoms with van der Waals surface area (Å²) in [6.45, 7) is 0.638. The van der Waals surface area contributed by atoms with Gasteiger partial charge >= 0.3 is 5.97 Å². The lowest BCUT2D eigenvalue weighted by Crippen LogP contribution is -2.19. The third-order valence-electron chi connectivity index (χ3n) is 3.01. The molecule has 1 aromatic carbocycles. The van der Waals surface area contributed by atoms with Crippen molar-refractivity contribution < 1.29 is 19.1 Å². The summed E-state index contributed by atoms with van der Waals surface area (Å²) in [4.78, 5) is 34.2. The zero-order valence-corrected chi connectivity index (χ0v) is 11.6. The van der Waals surface area contributed by atoms with Gasteiger partial charge in [-0.05, 0) is 11.6 Å². The molecule has 0 saturated heterocycles. The molecule has 1 heterocycles. The first-order chi connectivity index (χ1) is 10.1. The molecule has 108 valence electrons. The van der Waals surface area contributed by atoms with Crippen molar-refractivity contribution in [1.82, 2.24) is 4.57 Å². The number of carbonyl (C=O) groups excluding carboxylic acids is 3. The number of rotatable bonds is 6. The van der Waals surface area contributed by atoms with Gasteiger partial charge in [0.05, 0.1) is 13.5 Å². The summed E-state index contributed by atoms with van der Waals surface area (Å²) in [6.07, 6.45) is 2.96. The summed E-state index contributed by atoms with van der Waals surface area (Å²) in [5.41, 5.74) is 1.51. The van der Waals surface area contributed by atoms with Crippen LogP contribution in [-0.2, 0) is 20.9 Å². The van der Waals surface area contributed by atoms with E-state index in [-0.39, 0.29) is 0 Å². The molecule has 0 saturated carbocycles. The van der Waals surface area contributed by atoms with Crippen molar-refractivity contribution in [2.45, 2.75) is 13.0 Å². The van der Waals surface area contributed by atoms with E-state index < -0.39 is 24.0 Å². The number of nitrogens with zero attached hydrogens (tertiary/aromatic N) is 1. The van der Waals surface area contributed by atoms with Crippen LogP contribution in [0.25, 0.3) is 0 Å².